The van der Waals surface area contributed by atoms with Crippen molar-refractivity contribution in [1.29, 1.82) is 0 Å². The summed E-state index contributed by atoms with van der Waals surface area (Å²) in [5, 5.41) is 3.08. The lowest BCUT2D eigenvalue weighted by atomic mass is 10.2. The lowest BCUT2D eigenvalue weighted by Crippen LogP contribution is -2.14. The van der Waals surface area contributed by atoms with Gasteiger partial charge in [-0.3, -0.25) is 9.36 Å². The van der Waals surface area contributed by atoms with Crippen molar-refractivity contribution in [1.82, 2.24) is 19.5 Å². The molecule has 7 heteroatoms. The zero-order valence-corrected chi connectivity index (χ0v) is 11.5. The molecule has 1 N–H and O–H groups in total. The molecule has 2 heterocycles. The zero-order valence-electron chi connectivity index (χ0n) is 10.8. The van der Waals surface area contributed by atoms with Crippen LogP contribution in [0.2, 0.25) is 5.02 Å². The SMILES string of the molecule is O=C(Nc1cc(-n2ccnc2)ncn1)c1ccccc1Cl. The topological polar surface area (TPSA) is 72.7 Å². The van der Waals surface area contributed by atoms with Gasteiger partial charge in [0, 0.05) is 18.5 Å². The highest BCUT2D eigenvalue weighted by Crippen LogP contribution is 2.17. The lowest BCUT2D eigenvalue weighted by Gasteiger charge is -2.07. The summed E-state index contributed by atoms with van der Waals surface area (Å²) < 4.78 is 1.72. The summed E-state index contributed by atoms with van der Waals surface area (Å²) in [6, 6.07) is 8.47. The summed E-state index contributed by atoms with van der Waals surface area (Å²) in [7, 11) is 0. The number of halogens is 1. The van der Waals surface area contributed by atoms with Crippen LogP contribution >= 0.6 is 11.6 Å². The summed E-state index contributed by atoms with van der Waals surface area (Å²) >= 11 is 5.99. The van der Waals surface area contributed by atoms with Crippen LogP contribution in [0.1, 0.15) is 10.4 Å². The number of carbonyl (C=O) groups is 1. The van der Waals surface area contributed by atoms with Gasteiger partial charge in [0.1, 0.15) is 24.3 Å². The number of imidazole rings is 1. The number of anilines is 1. The fourth-order valence-corrected chi connectivity index (χ4v) is 2.00. The van der Waals surface area contributed by atoms with Gasteiger partial charge in [-0.1, -0.05) is 23.7 Å². The van der Waals surface area contributed by atoms with E-state index in [9.17, 15) is 4.79 Å². The molecule has 0 bridgehead atoms. The highest BCUT2D eigenvalue weighted by atomic mass is 35.5. The fourth-order valence-electron chi connectivity index (χ4n) is 1.78. The maximum atomic E-state index is 12.2. The van der Waals surface area contributed by atoms with Gasteiger partial charge in [-0.25, -0.2) is 15.0 Å². The Morgan fingerprint density at radius 3 is 2.86 bits per heavy atom. The van der Waals surface area contributed by atoms with Crippen molar-refractivity contribution < 1.29 is 4.79 Å². The van der Waals surface area contributed by atoms with Gasteiger partial charge in [0.05, 0.1) is 10.6 Å². The average Bonchev–Trinajstić information content (AvgIpc) is 3.02. The van der Waals surface area contributed by atoms with Crippen LogP contribution in [0, 0.1) is 0 Å². The first-order valence-electron chi connectivity index (χ1n) is 6.10. The van der Waals surface area contributed by atoms with Crippen molar-refractivity contribution in [3.8, 4) is 5.82 Å². The van der Waals surface area contributed by atoms with Gasteiger partial charge in [-0.05, 0) is 12.1 Å². The van der Waals surface area contributed by atoms with E-state index in [1.165, 1.54) is 6.33 Å². The van der Waals surface area contributed by atoms with Gasteiger partial charge >= 0.3 is 0 Å². The standard InChI is InChI=1S/C14H10ClN5O/c15-11-4-2-1-3-10(11)14(21)19-12-7-13(18-8-17-12)20-6-5-16-9-20/h1-9H,(H,17,18,19,21). The minimum atomic E-state index is -0.323. The molecule has 0 atom stereocenters. The predicted octanol–water partition coefficient (Wildman–Crippen LogP) is 2.57. The maximum Gasteiger partial charge on any atom is 0.258 e. The summed E-state index contributed by atoms with van der Waals surface area (Å²) in [6.45, 7) is 0. The molecule has 0 saturated heterocycles. The summed E-state index contributed by atoms with van der Waals surface area (Å²) in [4.78, 5) is 24.2. The van der Waals surface area contributed by atoms with Crippen LogP contribution in [0.25, 0.3) is 5.82 Å². The Bertz CT molecular complexity index is 773. The Balaban J connectivity index is 1.84. The van der Waals surface area contributed by atoms with E-state index in [2.05, 4.69) is 20.3 Å². The number of carbonyl (C=O) groups excluding carboxylic acids is 1. The second-order valence-electron chi connectivity index (χ2n) is 4.17. The number of amides is 1. The Morgan fingerprint density at radius 2 is 2.10 bits per heavy atom. The second-order valence-corrected chi connectivity index (χ2v) is 4.57. The molecule has 2 aromatic heterocycles. The molecule has 1 aromatic carbocycles. The van der Waals surface area contributed by atoms with E-state index in [0.29, 0.717) is 22.2 Å². The predicted molar refractivity (Wildman–Crippen MR) is 78.6 cm³/mol. The maximum absolute atomic E-state index is 12.2. The lowest BCUT2D eigenvalue weighted by molar-refractivity contribution is 0.102. The van der Waals surface area contributed by atoms with E-state index in [-0.39, 0.29) is 5.91 Å². The molecule has 0 unspecified atom stereocenters. The van der Waals surface area contributed by atoms with Crippen molar-refractivity contribution in [3.05, 3.63) is 66.0 Å². The van der Waals surface area contributed by atoms with Crippen LogP contribution < -0.4 is 5.32 Å². The molecule has 3 rings (SSSR count). The zero-order chi connectivity index (χ0) is 14.7. The van der Waals surface area contributed by atoms with E-state index >= 15 is 0 Å². The van der Waals surface area contributed by atoms with Crippen molar-refractivity contribution in [2.45, 2.75) is 0 Å². The van der Waals surface area contributed by atoms with Crippen LogP contribution in [0.15, 0.2) is 55.4 Å². The third-order valence-corrected chi connectivity index (χ3v) is 3.11. The molecule has 0 aliphatic rings. The average molecular weight is 300 g/mol. The summed E-state index contributed by atoms with van der Waals surface area (Å²) in [5.41, 5.74) is 0.391. The molecule has 0 spiro atoms. The minimum Gasteiger partial charge on any atom is -0.306 e. The number of nitrogens with zero attached hydrogens (tertiary/aromatic N) is 4. The Morgan fingerprint density at radius 1 is 1.24 bits per heavy atom. The van der Waals surface area contributed by atoms with Gasteiger partial charge in [0.15, 0.2) is 0 Å². The van der Waals surface area contributed by atoms with Gasteiger partial charge in [0.2, 0.25) is 0 Å². The van der Waals surface area contributed by atoms with Gasteiger partial charge in [0.25, 0.3) is 5.91 Å². The van der Waals surface area contributed by atoms with E-state index in [1.54, 1.807) is 53.6 Å². The molecule has 21 heavy (non-hydrogen) atoms. The molecule has 0 aliphatic carbocycles. The van der Waals surface area contributed by atoms with Crippen molar-refractivity contribution in [2.75, 3.05) is 5.32 Å². The molecule has 3 aromatic rings. The van der Waals surface area contributed by atoms with Crippen LogP contribution in [0.3, 0.4) is 0 Å². The number of rotatable bonds is 3. The van der Waals surface area contributed by atoms with Gasteiger partial charge in [-0.2, -0.15) is 0 Å². The summed E-state index contributed by atoms with van der Waals surface area (Å²) in [6.07, 6.45) is 6.38. The molecule has 0 aliphatic heterocycles. The van der Waals surface area contributed by atoms with E-state index in [0.717, 1.165) is 0 Å². The molecule has 104 valence electrons. The monoisotopic (exact) mass is 299 g/mol. The van der Waals surface area contributed by atoms with E-state index < -0.39 is 0 Å². The fraction of sp³-hybridized carbons (Fsp3) is 0. The first-order valence-corrected chi connectivity index (χ1v) is 6.48. The highest BCUT2D eigenvalue weighted by molar-refractivity contribution is 6.34. The van der Waals surface area contributed by atoms with Crippen LogP contribution in [0.4, 0.5) is 5.82 Å². The first-order chi connectivity index (χ1) is 10.2. The third-order valence-electron chi connectivity index (χ3n) is 2.78. The largest absolute Gasteiger partial charge is 0.306 e. The van der Waals surface area contributed by atoms with Gasteiger partial charge < -0.3 is 5.32 Å². The molecule has 1 amide bonds. The van der Waals surface area contributed by atoms with E-state index in [1.807, 2.05) is 0 Å². The molecule has 6 nitrogen and oxygen atoms in total. The summed E-state index contributed by atoms with van der Waals surface area (Å²) in [5.74, 6) is 0.673. The normalized spacial score (nSPS) is 10.3. The molecular formula is C14H10ClN5O. The minimum absolute atomic E-state index is 0.323. The number of nitrogens with one attached hydrogen (secondary N) is 1. The van der Waals surface area contributed by atoms with Crippen molar-refractivity contribution >= 4 is 23.3 Å². The highest BCUT2D eigenvalue weighted by Gasteiger charge is 2.11. The van der Waals surface area contributed by atoms with E-state index in [4.69, 9.17) is 11.6 Å². The quantitative estimate of drug-likeness (QED) is 0.806. The van der Waals surface area contributed by atoms with Crippen LogP contribution in [0.5, 0.6) is 0 Å². The number of hydrogen-bond acceptors (Lipinski definition) is 4. The third kappa shape index (κ3) is 2.90. The number of hydrogen-bond donors (Lipinski definition) is 1. The number of aromatic nitrogens is 4. The molecule has 0 saturated carbocycles. The van der Waals surface area contributed by atoms with Crippen molar-refractivity contribution in [2.24, 2.45) is 0 Å². The Kier molecular flexibility index (Phi) is 3.61. The van der Waals surface area contributed by atoms with Crippen LogP contribution in [-0.2, 0) is 0 Å². The number of benzene rings is 1. The Labute approximate surface area is 125 Å². The van der Waals surface area contributed by atoms with Gasteiger partial charge in [-0.15, -0.1) is 0 Å². The molecular weight excluding hydrogens is 290 g/mol. The molecule has 0 radical (unpaired) electrons. The first kappa shape index (κ1) is 13.3. The van der Waals surface area contributed by atoms with Crippen molar-refractivity contribution in [3.63, 3.8) is 0 Å². The smallest absolute Gasteiger partial charge is 0.258 e. The second kappa shape index (κ2) is 5.72. The Hall–Kier alpha value is -2.73. The van der Waals surface area contributed by atoms with Crippen LogP contribution in [-0.4, -0.2) is 25.4 Å². The molecule has 0 fully saturated rings.